The minimum atomic E-state index is -1.11. The molecule has 0 spiro atoms. The van der Waals surface area contributed by atoms with Gasteiger partial charge in [-0.25, -0.2) is 9.59 Å². The van der Waals surface area contributed by atoms with Crippen LogP contribution in [-0.2, 0) is 19.1 Å². The van der Waals surface area contributed by atoms with Crippen LogP contribution in [0.4, 0.5) is 9.18 Å². The summed E-state index contributed by atoms with van der Waals surface area (Å²) in [4.78, 5) is 35.0. The van der Waals surface area contributed by atoms with Gasteiger partial charge in [-0.05, 0) is 46.6 Å². The lowest BCUT2D eigenvalue weighted by atomic mass is 9.98. The van der Waals surface area contributed by atoms with Crippen LogP contribution in [0, 0.1) is 5.92 Å². The van der Waals surface area contributed by atoms with Gasteiger partial charge in [0, 0.05) is 12.5 Å². The van der Waals surface area contributed by atoms with E-state index in [2.05, 4.69) is 15.4 Å². The third kappa shape index (κ3) is 6.97. The normalized spacial score (nSPS) is 19.5. The molecule has 1 fully saturated rings. The van der Waals surface area contributed by atoms with Crippen molar-refractivity contribution in [2.45, 2.75) is 52.2 Å². The molecule has 0 unspecified atom stereocenters. The number of ether oxygens (including phenoxy) is 2. The lowest BCUT2D eigenvalue weighted by Crippen LogP contribution is -2.40. The van der Waals surface area contributed by atoms with Crippen LogP contribution in [0.15, 0.2) is 11.9 Å². The summed E-state index contributed by atoms with van der Waals surface area (Å²) in [6.45, 7) is 7.22. The van der Waals surface area contributed by atoms with E-state index in [1.807, 2.05) is 0 Å². The zero-order valence-corrected chi connectivity index (χ0v) is 14.5. The van der Waals surface area contributed by atoms with Crippen LogP contribution in [0.25, 0.3) is 0 Å². The van der Waals surface area contributed by atoms with Crippen LogP contribution >= 0.6 is 0 Å². The minimum absolute atomic E-state index is 0.0370. The van der Waals surface area contributed by atoms with Gasteiger partial charge in [0.05, 0.1) is 12.6 Å². The van der Waals surface area contributed by atoms with Crippen molar-refractivity contribution < 1.29 is 28.2 Å². The Morgan fingerprint density at radius 1 is 1.46 bits per heavy atom. The number of carbonyl (C=O) groups excluding carboxylic acids is 3. The van der Waals surface area contributed by atoms with E-state index in [1.54, 1.807) is 27.7 Å². The largest absolute Gasteiger partial charge is 0.461 e. The van der Waals surface area contributed by atoms with E-state index in [-0.39, 0.29) is 24.9 Å². The fraction of sp³-hybridized carbons (Fsp3) is 0.688. The maximum Gasteiger partial charge on any atom is 0.408 e. The van der Waals surface area contributed by atoms with Gasteiger partial charge in [-0.1, -0.05) is 0 Å². The van der Waals surface area contributed by atoms with E-state index in [0.29, 0.717) is 13.0 Å². The first-order valence-electron chi connectivity index (χ1n) is 7.94. The molecular formula is C16H25FN2O5. The highest BCUT2D eigenvalue weighted by Gasteiger charge is 2.29. The Labute approximate surface area is 140 Å². The van der Waals surface area contributed by atoms with Gasteiger partial charge in [-0.15, -0.1) is 0 Å². The van der Waals surface area contributed by atoms with E-state index >= 15 is 0 Å². The average molecular weight is 344 g/mol. The molecule has 0 aromatic rings. The van der Waals surface area contributed by atoms with Gasteiger partial charge >= 0.3 is 12.1 Å². The average Bonchev–Trinajstić information content (AvgIpc) is 2.82. The molecule has 24 heavy (non-hydrogen) atoms. The van der Waals surface area contributed by atoms with Crippen molar-refractivity contribution in [3.05, 3.63) is 11.9 Å². The van der Waals surface area contributed by atoms with Gasteiger partial charge in [0.2, 0.25) is 11.7 Å². The predicted octanol–water partition coefficient (Wildman–Crippen LogP) is 1.82. The molecule has 0 aliphatic carbocycles. The molecule has 136 valence electrons. The summed E-state index contributed by atoms with van der Waals surface area (Å²) in [7, 11) is 0. The summed E-state index contributed by atoms with van der Waals surface area (Å²) in [5, 5.41) is 5.16. The predicted molar refractivity (Wildman–Crippen MR) is 84.7 cm³/mol. The van der Waals surface area contributed by atoms with Gasteiger partial charge in [-0.3, -0.25) is 4.79 Å². The molecule has 0 aromatic heterocycles. The molecule has 2 amide bonds. The third-order valence-corrected chi connectivity index (χ3v) is 3.22. The van der Waals surface area contributed by atoms with Crippen molar-refractivity contribution in [1.29, 1.82) is 0 Å². The van der Waals surface area contributed by atoms with Crippen LogP contribution in [-0.4, -0.2) is 42.8 Å². The van der Waals surface area contributed by atoms with Crippen molar-refractivity contribution >= 4 is 18.0 Å². The molecule has 0 radical (unpaired) electrons. The summed E-state index contributed by atoms with van der Waals surface area (Å²) < 4.78 is 23.6. The second-order valence-electron chi connectivity index (χ2n) is 6.50. The Morgan fingerprint density at radius 2 is 2.12 bits per heavy atom. The number of esters is 1. The molecule has 0 aromatic carbocycles. The van der Waals surface area contributed by atoms with Crippen LogP contribution in [0.1, 0.15) is 40.5 Å². The smallest absolute Gasteiger partial charge is 0.408 e. The number of alkyl carbamates (subject to hydrolysis) is 1. The van der Waals surface area contributed by atoms with Crippen molar-refractivity contribution in [1.82, 2.24) is 10.6 Å². The van der Waals surface area contributed by atoms with Crippen LogP contribution in [0.5, 0.6) is 0 Å². The van der Waals surface area contributed by atoms with Gasteiger partial charge in [0.15, 0.2) is 0 Å². The second kappa shape index (κ2) is 8.65. The second-order valence-corrected chi connectivity index (χ2v) is 6.50. The van der Waals surface area contributed by atoms with Crippen LogP contribution < -0.4 is 10.6 Å². The van der Waals surface area contributed by atoms with Crippen LogP contribution in [0.3, 0.4) is 0 Å². The van der Waals surface area contributed by atoms with E-state index in [0.717, 1.165) is 6.08 Å². The number of halogens is 1. The number of amides is 2. The molecule has 2 N–H and O–H groups in total. The Kier molecular flexibility index (Phi) is 7.18. The maximum absolute atomic E-state index is 13.9. The number of carbonyl (C=O) groups is 3. The standard InChI is InChI=1S/C16H25FN2O5/c1-5-23-14(21)12(17)9-11(8-10-6-7-18-13(10)20)19-15(22)24-16(2,3)4/h9-11H,5-8H2,1-4H3,(H,18,20)(H,19,22)/b12-9-/t10-,11-/m0/s1. The fourth-order valence-electron chi connectivity index (χ4n) is 2.25. The molecule has 0 bridgehead atoms. The first-order valence-corrected chi connectivity index (χ1v) is 7.94. The van der Waals surface area contributed by atoms with Gasteiger partial charge in [-0.2, -0.15) is 4.39 Å². The third-order valence-electron chi connectivity index (χ3n) is 3.22. The lowest BCUT2D eigenvalue weighted by Gasteiger charge is -2.23. The Hall–Kier alpha value is -2.12. The van der Waals surface area contributed by atoms with Gasteiger partial charge in [0.25, 0.3) is 0 Å². The molecular weight excluding hydrogens is 319 g/mol. The number of rotatable bonds is 6. The molecule has 1 heterocycles. The summed E-state index contributed by atoms with van der Waals surface area (Å²) in [5.74, 6) is -2.74. The van der Waals surface area contributed by atoms with Crippen molar-refractivity contribution in [2.24, 2.45) is 5.92 Å². The maximum atomic E-state index is 13.9. The molecule has 1 aliphatic rings. The zero-order valence-electron chi connectivity index (χ0n) is 14.5. The van der Waals surface area contributed by atoms with E-state index in [9.17, 15) is 18.8 Å². The van der Waals surface area contributed by atoms with Crippen LogP contribution in [0.2, 0.25) is 0 Å². The molecule has 0 saturated carbocycles. The first-order chi connectivity index (χ1) is 11.1. The number of hydrogen-bond acceptors (Lipinski definition) is 5. The quantitative estimate of drug-likeness (QED) is 0.566. The number of nitrogens with one attached hydrogen (secondary N) is 2. The zero-order chi connectivity index (χ0) is 18.3. The molecule has 1 aliphatic heterocycles. The molecule has 1 rings (SSSR count). The highest BCUT2D eigenvalue weighted by molar-refractivity contribution is 5.86. The summed E-state index contributed by atoms with van der Waals surface area (Å²) >= 11 is 0. The Morgan fingerprint density at radius 3 is 2.62 bits per heavy atom. The molecule has 8 heteroatoms. The van der Waals surface area contributed by atoms with E-state index < -0.39 is 29.5 Å². The van der Waals surface area contributed by atoms with Gasteiger partial charge < -0.3 is 20.1 Å². The fourth-order valence-corrected chi connectivity index (χ4v) is 2.25. The highest BCUT2D eigenvalue weighted by atomic mass is 19.1. The van der Waals surface area contributed by atoms with Gasteiger partial charge in [0.1, 0.15) is 5.60 Å². The van der Waals surface area contributed by atoms with Crippen molar-refractivity contribution in [3.63, 3.8) is 0 Å². The molecule has 2 atom stereocenters. The lowest BCUT2D eigenvalue weighted by molar-refractivity contribution is -0.140. The Bertz CT molecular complexity index is 513. The van der Waals surface area contributed by atoms with Crippen molar-refractivity contribution in [3.8, 4) is 0 Å². The van der Waals surface area contributed by atoms with E-state index in [4.69, 9.17) is 4.74 Å². The van der Waals surface area contributed by atoms with Crippen molar-refractivity contribution in [2.75, 3.05) is 13.2 Å². The number of hydrogen-bond donors (Lipinski definition) is 2. The molecule has 7 nitrogen and oxygen atoms in total. The topological polar surface area (TPSA) is 93.7 Å². The summed E-state index contributed by atoms with van der Waals surface area (Å²) in [6.07, 6.45) is 0.949. The highest BCUT2D eigenvalue weighted by Crippen LogP contribution is 2.18. The monoisotopic (exact) mass is 344 g/mol. The summed E-state index contributed by atoms with van der Waals surface area (Å²) in [5.41, 5.74) is -0.719. The first kappa shape index (κ1) is 19.9. The Balaban J connectivity index is 2.82. The summed E-state index contributed by atoms with van der Waals surface area (Å²) in [6, 6.07) is -0.863. The minimum Gasteiger partial charge on any atom is -0.461 e. The SMILES string of the molecule is CCOC(=O)/C(F)=C/[C@H](C[C@@H]1CCNC1=O)NC(=O)OC(C)(C)C. The van der Waals surface area contributed by atoms with E-state index in [1.165, 1.54) is 0 Å². The molecule has 1 saturated heterocycles.